The SMILES string of the molecule is C=C1C(C)=C(C(CCC)CCC)SNC(c2cnc(N=CN)c(C)c2C)=C1C(C)C. The van der Waals surface area contributed by atoms with Crippen LogP contribution >= 0.6 is 11.9 Å². The third-order valence-corrected chi connectivity index (χ3v) is 7.15. The first-order valence-corrected chi connectivity index (χ1v) is 11.9. The molecule has 0 saturated heterocycles. The number of nitrogens with zero attached hydrogens (tertiary/aromatic N) is 2. The summed E-state index contributed by atoms with van der Waals surface area (Å²) in [6, 6.07) is 0. The molecule has 0 aliphatic carbocycles. The lowest BCUT2D eigenvalue weighted by atomic mass is 9.85. The van der Waals surface area contributed by atoms with Gasteiger partial charge in [-0.1, -0.05) is 47.1 Å². The second-order valence-corrected chi connectivity index (χ2v) is 9.26. The van der Waals surface area contributed by atoms with Gasteiger partial charge in [0.25, 0.3) is 0 Å². The van der Waals surface area contributed by atoms with Crippen LogP contribution in [0.4, 0.5) is 5.82 Å². The molecule has 1 aliphatic rings. The topological polar surface area (TPSA) is 63.3 Å². The Hall–Kier alpha value is -2.01. The van der Waals surface area contributed by atoms with Crippen LogP contribution in [0.2, 0.25) is 0 Å². The Kier molecular flexibility index (Phi) is 8.78. The van der Waals surface area contributed by atoms with Crippen LogP contribution in [0, 0.1) is 25.7 Å². The summed E-state index contributed by atoms with van der Waals surface area (Å²) in [6.07, 6.45) is 8.02. The van der Waals surface area contributed by atoms with E-state index in [-0.39, 0.29) is 0 Å². The van der Waals surface area contributed by atoms with Crippen LogP contribution in [0.3, 0.4) is 0 Å². The summed E-state index contributed by atoms with van der Waals surface area (Å²) in [7, 11) is 0. The van der Waals surface area contributed by atoms with Crippen molar-refractivity contribution in [2.45, 2.75) is 74.1 Å². The molecule has 30 heavy (non-hydrogen) atoms. The van der Waals surface area contributed by atoms with Gasteiger partial charge in [-0.2, -0.15) is 0 Å². The average molecular weight is 427 g/mol. The van der Waals surface area contributed by atoms with E-state index in [9.17, 15) is 0 Å². The van der Waals surface area contributed by atoms with Gasteiger partial charge in [0.15, 0.2) is 5.82 Å². The Morgan fingerprint density at radius 1 is 1.17 bits per heavy atom. The second-order valence-electron chi connectivity index (χ2n) is 8.41. The number of aliphatic imine (C=N–C) groups is 1. The van der Waals surface area contributed by atoms with Crippen molar-refractivity contribution in [3.63, 3.8) is 0 Å². The molecular formula is C25H38N4S. The molecular weight excluding hydrogens is 388 g/mol. The highest BCUT2D eigenvalue weighted by molar-refractivity contribution is 8.01. The van der Waals surface area contributed by atoms with Crippen LogP contribution in [-0.2, 0) is 0 Å². The van der Waals surface area contributed by atoms with Crippen LogP contribution in [0.1, 0.15) is 77.0 Å². The van der Waals surface area contributed by atoms with Crippen LogP contribution in [0.15, 0.2) is 39.4 Å². The first kappa shape index (κ1) is 24.3. The zero-order valence-corrected chi connectivity index (χ0v) is 20.5. The van der Waals surface area contributed by atoms with Crippen molar-refractivity contribution in [2.24, 2.45) is 22.6 Å². The molecule has 0 fully saturated rings. The molecule has 2 rings (SSSR count). The highest BCUT2D eigenvalue weighted by atomic mass is 32.2. The quantitative estimate of drug-likeness (QED) is 0.267. The van der Waals surface area contributed by atoms with Crippen molar-refractivity contribution in [1.82, 2.24) is 9.71 Å². The highest BCUT2D eigenvalue weighted by Crippen LogP contribution is 2.44. The van der Waals surface area contributed by atoms with Crippen molar-refractivity contribution in [3.05, 3.63) is 51.1 Å². The number of allylic oxidation sites excluding steroid dienone is 4. The summed E-state index contributed by atoms with van der Waals surface area (Å²) < 4.78 is 3.73. The van der Waals surface area contributed by atoms with E-state index in [1.54, 1.807) is 11.9 Å². The van der Waals surface area contributed by atoms with Gasteiger partial charge in [0.05, 0.1) is 12.0 Å². The monoisotopic (exact) mass is 426 g/mol. The Bertz CT molecular complexity index is 871. The minimum absolute atomic E-state index is 0.340. The molecule has 0 unspecified atom stereocenters. The van der Waals surface area contributed by atoms with Crippen LogP contribution in [0.25, 0.3) is 5.70 Å². The smallest absolute Gasteiger partial charge is 0.156 e. The molecule has 5 heteroatoms. The summed E-state index contributed by atoms with van der Waals surface area (Å²) >= 11 is 1.77. The summed E-state index contributed by atoms with van der Waals surface area (Å²) in [5, 5.41) is 0. The molecule has 4 nitrogen and oxygen atoms in total. The minimum Gasteiger partial charge on any atom is -0.390 e. The lowest BCUT2D eigenvalue weighted by Crippen LogP contribution is -2.12. The first-order valence-electron chi connectivity index (χ1n) is 11.1. The van der Waals surface area contributed by atoms with Crippen molar-refractivity contribution in [1.29, 1.82) is 0 Å². The lowest BCUT2D eigenvalue weighted by Gasteiger charge is -2.21. The molecule has 1 aromatic rings. The third kappa shape index (κ3) is 5.00. The van der Waals surface area contributed by atoms with Crippen molar-refractivity contribution < 1.29 is 0 Å². The van der Waals surface area contributed by atoms with Gasteiger partial charge in [0.2, 0.25) is 0 Å². The van der Waals surface area contributed by atoms with Gasteiger partial charge in [0.1, 0.15) is 0 Å². The highest BCUT2D eigenvalue weighted by Gasteiger charge is 2.27. The summed E-state index contributed by atoms with van der Waals surface area (Å²) in [5.41, 5.74) is 13.7. The fourth-order valence-corrected chi connectivity index (χ4v) is 5.32. The largest absolute Gasteiger partial charge is 0.390 e. The molecule has 3 N–H and O–H groups in total. The van der Waals surface area contributed by atoms with E-state index in [1.807, 2.05) is 6.20 Å². The second kappa shape index (κ2) is 10.9. The number of nitrogens with two attached hydrogens (primary N) is 1. The van der Waals surface area contributed by atoms with Gasteiger partial charge in [-0.15, -0.1) is 0 Å². The van der Waals surface area contributed by atoms with Gasteiger partial charge in [-0.25, -0.2) is 9.98 Å². The van der Waals surface area contributed by atoms with Crippen LogP contribution in [-0.4, -0.2) is 11.3 Å². The minimum atomic E-state index is 0.340. The fourth-order valence-electron chi connectivity index (χ4n) is 4.21. The van der Waals surface area contributed by atoms with Gasteiger partial charge in [-0.05, 0) is 85.2 Å². The molecule has 0 bridgehead atoms. The summed E-state index contributed by atoms with van der Waals surface area (Å²) in [5.74, 6) is 1.59. The molecule has 0 radical (unpaired) electrons. The summed E-state index contributed by atoms with van der Waals surface area (Å²) in [4.78, 5) is 10.2. The molecule has 0 saturated carbocycles. The van der Waals surface area contributed by atoms with E-state index in [0.717, 1.165) is 22.4 Å². The number of hydrogen-bond donors (Lipinski definition) is 2. The number of rotatable bonds is 8. The lowest BCUT2D eigenvalue weighted by molar-refractivity contribution is 0.520. The van der Waals surface area contributed by atoms with Gasteiger partial charge in [0, 0.05) is 16.7 Å². The Morgan fingerprint density at radius 2 is 1.80 bits per heavy atom. The van der Waals surface area contributed by atoms with Gasteiger partial charge in [-0.3, -0.25) is 0 Å². The predicted molar refractivity (Wildman–Crippen MR) is 134 cm³/mol. The first-order chi connectivity index (χ1) is 14.3. The zero-order valence-electron chi connectivity index (χ0n) is 19.7. The van der Waals surface area contributed by atoms with Crippen LogP contribution in [0.5, 0.6) is 0 Å². The number of hydrogen-bond acceptors (Lipinski definition) is 4. The van der Waals surface area contributed by atoms with E-state index in [2.05, 4.69) is 69.7 Å². The maximum absolute atomic E-state index is 5.50. The van der Waals surface area contributed by atoms with Crippen molar-refractivity contribution in [2.75, 3.05) is 0 Å². The van der Waals surface area contributed by atoms with E-state index in [1.165, 1.54) is 53.6 Å². The molecule has 1 aromatic heterocycles. The normalized spacial score (nSPS) is 15.6. The van der Waals surface area contributed by atoms with E-state index in [4.69, 9.17) is 5.73 Å². The van der Waals surface area contributed by atoms with E-state index in [0.29, 0.717) is 17.7 Å². The Balaban J connectivity index is 2.61. The molecule has 0 spiro atoms. The standard InChI is InChI=1S/C25H38N4S/c1-9-11-20(12-10-2)24-18(7)17(6)22(15(3)4)23(29-30-24)21-13-27-25(28-14-26)19(8)16(21)5/h13-15,20,29H,6,9-12H2,1-5,7-8H3,(H2,26,27,28). The molecule has 0 atom stereocenters. The van der Waals surface area contributed by atoms with Crippen LogP contribution < -0.4 is 10.5 Å². The summed E-state index contributed by atoms with van der Waals surface area (Å²) in [6.45, 7) is 20.0. The van der Waals surface area contributed by atoms with Gasteiger partial charge < -0.3 is 10.5 Å². The predicted octanol–water partition coefficient (Wildman–Crippen LogP) is 6.98. The Labute approximate surface area is 187 Å². The maximum atomic E-state index is 5.50. The maximum Gasteiger partial charge on any atom is 0.156 e. The number of nitrogens with one attached hydrogen (secondary N) is 1. The fraction of sp³-hybridized carbons (Fsp3) is 0.520. The van der Waals surface area contributed by atoms with Crippen molar-refractivity contribution in [3.8, 4) is 0 Å². The Morgan fingerprint density at radius 3 is 2.33 bits per heavy atom. The molecule has 1 aliphatic heterocycles. The average Bonchev–Trinajstić information content (AvgIpc) is 2.82. The number of pyridine rings is 1. The van der Waals surface area contributed by atoms with E-state index >= 15 is 0 Å². The third-order valence-electron chi connectivity index (χ3n) is 5.99. The molecule has 164 valence electrons. The molecule has 0 amide bonds. The molecule has 2 heterocycles. The molecule has 0 aromatic carbocycles. The van der Waals surface area contributed by atoms with Gasteiger partial charge >= 0.3 is 0 Å². The zero-order chi connectivity index (χ0) is 22.4. The van der Waals surface area contributed by atoms with Crippen molar-refractivity contribution >= 4 is 29.8 Å². The number of aromatic nitrogens is 1. The van der Waals surface area contributed by atoms with E-state index < -0.39 is 0 Å².